The fourth-order valence-electron chi connectivity index (χ4n) is 1.58. The molecule has 0 radical (unpaired) electrons. The normalized spacial score (nSPS) is 10.3. The molecule has 1 amide bonds. The lowest BCUT2D eigenvalue weighted by atomic mass is 10.2. The maximum Gasteiger partial charge on any atom is 0.258 e. The summed E-state index contributed by atoms with van der Waals surface area (Å²) in [7, 11) is 1.75. The summed E-state index contributed by atoms with van der Waals surface area (Å²) in [5, 5.41) is 7.13. The summed E-state index contributed by atoms with van der Waals surface area (Å²) >= 11 is 5.91. The molecule has 2 aromatic rings. The summed E-state index contributed by atoms with van der Waals surface area (Å²) in [5.74, 6) is 5.81. The Hall–Kier alpha value is -2.12. The van der Waals surface area contributed by atoms with Crippen LogP contribution in [0.4, 0.5) is 11.6 Å². The lowest BCUT2D eigenvalue weighted by Crippen LogP contribution is -2.16. The molecule has 0 aliphatic heterocycles. The lowest BCUT2D eigenvalue weighted by molar-refractivity contribution is 0.102. The Balaban J connectivity index is 2.20. The lowest BCUT2D eigenvalue weighted by Gasteiger charge is -2.07. The van der Waals surface area contributed by atoms with E-state index in [4.69, 9.17) is 17.4 Å². The van der Waals surface area contributed by atoms with Gasteiger partial charge in [-0.1, -0.05) is 11.6 Å². The highest BCUT2D eigenvalue weighted by Gasteiger charge is 2.12. The number of aromatic nitrogens is 3. The van der Waals surface area contributed by atoms with Crippen molar-refractivity contribution in [2.75, 3.05) is 10.7 Å². The molecule has 0 aliphatic carbocycles. The Morgan fingerprint density at radius 2 is 2.21 bits per heavy atom. The number of anilines is 2. The Bertz CT molecular complexity index is 624. The SMILES string of the molecule is Cc1cc(NC(=O)c2cnc(NN)c(Cl)c2)n(C)n1. The molecule has 0 saturated heterocycles. The number of nitrogens with one attached hydrogen (secondary N) is 2. The van der Waals surface area contributed by atoms with Crippen molar-refractivity contribution >= 4 is 29.1 Å². The van der Waals surface area contributed by atoms with E-state index in [1.807, 2.05) is 6.92 Å². The predicted octanol–water partition coefficient (Wildman–Crippen LogP) is 1.31. The maximum absolute atomic E-state index is 12.0. The van der Waals surface area contributed by atoms with Crippen molar-refractivity contribution in [3.8, 4) is 0 Å². The van der Waals surface area contributed by atoms with Crippen LogP contribution in [0.2, 0.25) is 5.02 Å². The highest BCUT2D eigenvalue weighted by molar-refractivity contribution is 6.33. The second-order valence-corrected chi connectivity index (χ2v) is 4.35. The van der Waals surface area contributed by atoms with Gasteiger partial charge in [-0.15, -0.1) is 0 Å². The number of nitrogens with zero attached hydrogens (tertiary/aromatic N) is 3. The van der Waals surface area contributed by atoms with E-state index in [-0.39, 0.29) is 10.9 Å². The molecule has 2 rings (SSSR count). The van der Waals surface area contributed by atoms with Crippen molar-refractivity contribution in [1.82, 2.24) is 14.8 Å². The second kappa shape index (κ2) is 5.25. The molecular formula is C11H13ClN6O. The van der Waals surface area contributed by atoms with Gasteiger partial charge in [-0.3, -0.25) is 9.48 Å². The molecule has 2 aromatic heterocycles. The van der Waals surface area contributed by atoms with Gasteiger partial charge in [0.1, 0.15) is 5.82 Å². The number of nitrogen functional groups attached to an aromatic ring is 1. The van der Waals surface area contributed by atoms with Crippen LogP contribution in [0.1, 0.15) is 16.1 Å². The smallest absolute Gasteiger partial charge is 0.258 e. The molecule has 0 fully saturated rings. The van der Waals surface area contributed by atoms with E-state index < -0.39 is 0 Å². The summed E-state index contributed by atoms with van der Waals surface area (Å²) < 4.78 is 1.58. The number of nitrogens with two attached hydrogens (primary N) is 1. The highest BCUT2D eigenvalue weighted by atomic mass is 35.5. The molecule has 8 heteroatoms. The highest BCUT2D eigenvalue weighted by Crippen LogP contribution is 2.19. The first-order valence-corrected chi connectivity index (χ1v) is 5.83. The third-order valence-electron chi connectivity index (χ3n) is 2.48. The van der Waals surface area contributed by atoms with Gasteiger partial charge in [0.2, 0.25) is 0 Å². The molecule has 0 saturated carbocycles. The number of amides is 1. The minimum absolute atomic E-state index is 0.274. The van der Waals surface area contributed by atoms with Crippen LogP contribution in [0.5, 0.6) is 0 Å². The molecule has 19 heavy (non-hydrogen) atoms. The van der Waals surface area contributed by atoms with Gasteiger partial charge in [0.15, 0.2) is 5.82 Å². The number of halogens is 1. The van der Waals surface area contributed by atoms with Crippen LogP contribution < -0.4 is 16.6 Å². The quantitative estimate of drug-likeness (QED) is 0.582. The number of pyridine rings is 1. The fourth-order valence-corrected chi connectivity index (χ4v) is 1.81. The van der Waals surface area contributed by atoms with Crippen LogP contribution in [0.25, 0.3) is 0 Å². The van der Waals surface area contributed by atoms with E-state index in [1.165, 1.54) is 12.3 Å². The van der Waals surface area contributed by atoms with E-state index in [9.17, 15) is 4.79 Å². The molecule has 2 heterocycles. The average molecular weight is 281 g/mol. The fraction of sp³-hybridized carbons (Fsp3) is 0.182. The number of carbonyl (C=O) groups excluding carboxylic acids is 1. The zero-order valence-electron chi connectivity index (χ0n) is 10.4. The zero-order valence-corrected chi connectivity index (χ0v) is 11.2. The first-order valence-electron chi connectivity index (χ1n) is 5.45. The van der Waals surface area contributed by atoms with Crippen LogP contribution in [0.3, 0.4) is 0 Å². The molecule has 0 aliphatic rings. The van der Waals surface area contributed by atoms with Gasteiger partial charge >= 0.3 is 0 Å². The largest absolute Gasteiger partial charge is 0.307 e. The number of hydrogen-bond donors (Lipinski definition) is 3. The molecule has 0 spiro atoms. The zero-order chi connectivity index (χ0) is 14.0. The molecule has 4 N–H and O–H groups in total. The van der Waals surface area contributed by atoms with Gasteiger partial charge in [0.25, 0.3) is 5.91 Å². The Morgan fingerprint density at radius 3 is 2.74 bits per heavy atom. The van der Waals surface area contributed by atoms with Crippen LogP contribution >= 0.6 is 11.6 Å². The predicted molar refractivity (Wildman–Crippen MR) is 73.0 cm³/mol. The van der Waals surface area contributed by atoms with Gasteiger partial charge < -0.3 is 10.7 Å². The van der Waals surface area contributed by atoms with E-state index >= 15 is 0 Å². The molecule has 0 atom stereocenters. The summed E-state index contributed by atoms with van der Waals surface area (Å²) in [6, 6.07) is 3.26. The van der Waals surface area contributed by atoms with Crippen LogP contribution in [0.15, 0.2) is 18.3 Å². The Labute approximate surface area is 114 Å². The maximum atomic E-state index is 12.0. The van der Waals surface area contributed by atoms with Crippen molar-refractivity contribution in [3.63, 3.8) is 0 Å². The summed E-state index contributed by atoms with van der Waals surface area (Å²) in [6.45, 7) is 1.84. The topological polar surface area (TPSA) is 97.9 Å². The standard InChI is InChI=1S/C11H13ClN6O/c1-6-3-9(18(2)17-6)15-11(19)7-4-8(12)10(16-13)14-5-7/h3-5H,13H2,1-2H3,(H,14,16)(H,15,19). The molecule has 0 unspecified atom stereocenters. The molecular weight excluding hydrogens is 268 g/mol. The first kappa shape index (κ1) is 13.3. The van der Waals surface area contributed by atoms with Gasteiger partial charge in [-0.25, -0.2) is 10.8 Å². The third-order valence-corrected chi connectivity index (χ3v) is 2.77. The number of aryl methyl sites for hydroxylation is 2. The van der Waals surface area contributed by atoms with Gasteiger partial charge in [-0.05, 0) is 13.0 Å². The van der Waals surface area contributed by atoms with E-state index in [0.717, 1.165) is 5.69 Å². The molecule has 100 valence electrons. The number of hydrazine groups is 1. The Kier molecular flexibility index (Phi) is 3.68. The Morgan fingerprint density at radius 1 is 1.47 bits per heavy atom. The van der Waals surface area contributed by atoms with Crippen LogP contribution in [-0.4, -0.2) is 20.7 Å². The van der Waals surface area contributed by atoms with E-state index in [0.29, 0.717) is 17.2 Å². The van der Waals surface area contributed by atoms with Crippen molar-refractivity contribution < 1.29 is 4.79 Å². The van der Waals surface area contributed by atoms with Crippen molar-refractivity contribution in [3.05, 3.63) is 34.6 Å². The molecule has 0 aromatic carbocycles. The molecule has 0 bridgehead atoms. The van der Waals surface area contributed by atoms with Crippen molar-refractivity contribution in [2.45, 2.75) is 6.92 Å². The minimum atomic E-state index is -0.319. The summed E-state index contributed by atoms with van der Waals surface area (Å²) in [6.07, 6.45) is 1.39. The van der Waals surface area contributed by atoms with Crippen LogP contribution in [0, 0.1) is 6.92 Å². The van der Waals surface area contributed by atoms with Crippen molar-refractivity contribution in [1.29, 1.82) is 0 Å². The van der Waals surface area contributed by atoms with Gasteiger partial charge in [0, 0.05) is 19.3 Å². The first-order chi connectivity index (χ1) is 9.01. The monoisotopic (exact) mass is 280 g/mol. The third kappa shape index (κ3) is 2.83. The van der Waals surface area contributed by atoms with Gasteiger partial charge in [0.05, 0.1) is 16.3 Å². The second-order valence-electron chi connectivity index (χ2n) is 3.95. The average Bonchev–Trinajstić information content (AvgIpc) is 2.67. The van der Waals surface area contributed by atoms with Crippen LogP contribution in [-0.2, 0) is 7.05 Å². The van der Waals surface area contributed by atoms with Gasteiger partial charge in [-0.2, -0.15) is 5.10 Å². The summed E-state index contributed by atoms with van der Waals surface area (Å²) in [5.41, 5.74) is 3.49. The number of hydrogen-bond acceptors (Lipinski definition) is 5. The van der Waals surface area contributed by atoms with E-state index in [2.05, 4.69) is 20.8 Å². The number of rotatable bonds is 3. The minimum Gasteiger partial charge on any atom is -0.307 e. The molecule has 7 nitrogen and oxygen atoms in total. The van der Waals surface area contributed by atoms with Crippen molar-refractivity contribution in [2.24, 2.45) is 12.9 Å². The van der Waals surface area contributed by atoms with E-state index in [1.54, 1.807) is 17.8 Å². The number of carbonyl (C=O) groups is 1. The summed E-state index contributed by atoms with van der Waals surface area (Å²) in [4.78, 5) is 16.0.